The van der Waals surface area contributed by atoms with E-state index in [0.717, 1.165) is 12.8 Å². The van der Waals surface area contributed by atoms with Crippen LogP contribution in [0.4, 0.5) is 0 Å². The van der Waals surface area contributed by atoms with Crippen LogP contribution in [0, 0.1) is 5.92 Å². The van der Waals surface area contributed by atoms with Gasteiger partial charge in [0.05, 0.1) is 0 Å². The van der Waals surface area contributed by atoms with Crippen molar-refractivity contribution in [3.05, 3.63) is 0 Å². The van der Waals surface area contributed by atoms with Gasteiger partial charge in [-0.25, -0.2) is 0 Å². The first-order valence-corrected chi connectivity index (χ1v) is 10.0. The molecule has 0 saturated heterocycles. The van der Waals surface area contributed by atoms with Crippen molar-refractivity contribution in [2.75, 3.05) is 0 Å². The normalized spacial score (nSPS) is 14.8. The fraction of sp³-hybridized carbons (Fsp3) is 1.00. The molecular formula is C16H36O3Si. The molecule has 0 spiro atoms. The number of hydrogen-bond donors (Lipinski definition) is 0. The fourth-order valence-electron chi connectivity index (χ4n) is 2.68. The molecule has 0 aliphatic heterocycles. The second-order valence-corrected chi connectivity index (χ2v) is 9.29. The number of hydrogen-bond acceptors (Lipinski definition) is 3. The van der Waals surface area contributed by atoms with Crippen LogP contribution < -0.4 is 0 Å². The molecule has 122 valence electrons. The summed E-state index contributed by atoms with van der Waals surface area (Å²) in [6.07, 6.45) is 2.64. The summed E-state index contributed by atoms with van der Waals surface area (Å²) < 4.78 is 18.9. The predicted octanol–water partition coefficient (Wildman–Crippen LogP) is 5.03. The molecule has 0 aromatic rings. The minimum absolute atomic E-state index is 0.121. The SMILES string of the molecule is CCC(CC)C(C)[Si](OC(C)C)(OC(C)C)OC(C)C. The van der Waals surface area contributed by atoms with Crippen molar-refractivity contribution in [1.29, 1.82) is 0 Å². The maximum atomic E-state index is 6.30. The molecule has 20 heavy (non-hydrogen) atoms. The Morgan fingerprint density at radius 3 is 1.15 bits per heavy atom. The molecule has 0 radical (unpaired) electrons. The minimum Gasteiger partial charge on any atom is -0.371 e. The van der Waals surface area contributed by atoms with Gasteiger partial charge in [-0.3, -0.25) is 0 Å². The first-order chi connectivity index (χ1) is 9.18. The third kappa shape index (κ3) is 6.25. The summed E-state index contributed by atoms with van der Waals surface area (Å²) in [7, 11) is -2.69. The molecule has 0 fully saturated rings. The molecule has 0 saturated carbocycles. The first kappa shape index (κ1) is 20.1. The maximum Gasteiger partial charge on any atom is 0.504 e. The van der Waals surface area contributed by atoms with Crippen molar-refractivity contribution in [3.63, 3.8) is 0 Å². The van der Waals surface area contributed by atoms with E-state index in [0.29, 0.717) is 11.5 Å². The molecule has 3 nitrogen and oxygen atoms in total. The first-order valence-electron chi connectivity index (χ1n) is 8.21. The zero-order valence-electron chi connectivity index (χ0n) is 15.0. The largest absolute Gasteiger partial charge is 0.504 e. The second-order valence-electron chi connectivity index (χ2n) is 6.47. The molecule has 1 unspecified atom stereocenters. The summed E-state index contributed by atoms with van der Waals surface area (Å²) in [5, 5.41) is 0. The van der Waals surface area contributed by atoms with Crippen LogP contribution in [0.25, 0.3) is 0 Å². The Kier molecular flexibility index (Phi) is 9.23. The van der Waals surface area contributed by atoms with E-state index in [-0.39, 0.29) is 18.3 Å². The third-order valence-electron chi connectivity index (χ3n) is 3.51. The van der Waals surface area contributed by atoms with Crippen LogP contribution in [-0.2, 0) is 13.3 Å². The molecule has 0 aliphatic carbocycles. The van der Waals surface area contributed by atoms with Crippen molar-refractivity contribution in [2.45, 2.75) is 99.0 Å². The summed E-state index contributed by atoms with van der Waals surface area (Å²) in [4.78, 5) is 0. The molecular weight excluding hydrogens is 268 g/mol. The monoisotopic (exact) mass is 304 g/mol. The standard InChI is InChI=1S/C16H36O3Si/c1-10-16(11-2)15(9)20(17-12(3)4,18-13(5)6)19-14(7)8/h12-16H,10-11H2,1-9H3. The van der Waals surface area contributed by atoms with Crippen LogP contribution in [0.3, 0.4) is 0 Å². The van der Waals surface area contributed by atoms with Gasteiger partial charge in [-0.05, 0) is 47.5 Å². The summed E-state index contributed by atoms with van der Waals surface area (Å²) >= 11 is 0. The summed E-state index contributed by atoms with van der Waals surface area (Å²) in [6.45, 7) is 19.1. The Balaban J connectivity index is 5.43. The highest BCUT2D eigenvalue weighted by atomic mass is 28.4. The van der Waals surface area contributed by atoms with Gasteiger partial charge in [0.2, 0.25) is 0 Å². The van der Waals surface area contributed by atoms with Crippen molar-refractivity contribution < 1.29 is 13.3 Å². The average molecular weight is 305 g/mol. The summed E-state index contributed by atoms with van der Waals surface area (Å²) in [5.41, 5.74) is 0.324. The lowest BCUT2D eigenvalue weighted by atomic mass is 10.0. The van der Waals surface area contributed by atoms with Gasteiger partial charge in [-0.15, -0.1) is 0 Å². The van der Waals surface area contributed by atoms with Crippen LogP contribution >= 0.6 is 0 Å². The van der Waals surface area contributed by atoms with Gasteiger partial charge in [-0.1, -0.05) is 33.6 Å². The maximum absolute atomic E-state index is 6.30. The van der Waals surface area contributed by atoms with E-state index >= 15 is 0 Å². The van der Waals surface area contributed by atoms with Crippen LogP contribution in [0.2, 0.25) is 5.54 Å². The second kappa shape index (κ2) is 9.18. The molecule has 0 rings (SSSR count). The third-order valence-corrected chi connectivity index (χ3v) is 7.50. The predicted molar refractivity (Wildman–Crippen MR) is 87.9 cm³/mol. The molecule has 0 bridgehead atoms. The van der Waals surface area contributed by atoms with Gasteiger partial charge < -0.3 is 13.3 Å². The molecule has 1 atom stereocenters. The molecule has 0 aromatic carbocycles. The van der Waals surface area contributed by atoms with Crippen molar-refractivity contribution in [3.8, 4) is 0 Å². The van der Waals surface area contributed by atoms with E-state index in [1.54, 1.807) is 0 Å². The van der Waals surface area contributed by atoms with E-state index < -0.39 is 8.80 Å². The highest BCUT2D eigenvalue weighted by Gasteiger charge is 2.51. The Hall–Kier alpha value is 0.0969. The lowest BCUT2D eigenvalue weighted by Gasteiger charge is -2.41. The average Bonchev–Trinajstić information content (AvgIpc) is 2.27. The van der Waals surface area contributed by atoms with Crippen LogP contribution in [0.5, 0.6) is 0 Å². The highest BCUT2D eigenvalue weighted by Crippen LogP contribution is 2.38. The van der Waals surface area contributed by atoms with Crippen LogP contribution in [-0.4, -0.2) is 27.1 Å². The van der Waals surface area contributed by atoms with E-state index in [4.69, 9.17) is 13.3 Å². The Labute approximate surface area is 127 Å². The Bertz CT molecular complexity index is 224. The van der Waals surface area contributed by atoms with Crippen LogP contribution in [0.1, 0.15) is 75.2 Å². The van der Waals surface area contributed by atoms with Gasteiger partial charge in [0.15, 0.2) is 0 Å². The number of rotatable bonds is 10. The lowest BCUT2D eigenvalue weighted by Crippen LogP contribution is -2.55. The van der Waals surface area contributed by atoms with Crippen molar-refractivity contribution in [1.82, 2.24) is 0 Å². The zero-order valence-corrected chi connectivity index (χ0v) is 16.0. The summed E-state index contributed by atoms with van der Waals surface area (Å²) in [6, 6.07) is 0. The molecule has 0 N–H and O–H groups in total. The quantitative estimate of drug-likeness (QED) is 0.530. The highest BCUT2D eigenvalue weighted by molar-refractivity contribution is 6.62. The van der Waals surface area contributed by atoms with Crippen LogP contribution in [0.15, 0.2) is 0 Å². The van der Waals surface area contributed by atoms with Gasteiger partial charge in [0.25, 0.3) is 0 Å². The van der Waals surface area contributed by atoms with Gasteiger partial charge in [-0.2, -0.15) is 0 Å². The van der Waals surface area contributed by atoms with E-state index in [9.17, 15) is 0 Å². The topological polar surface area (TPSA) is 27.7 Å². The smallest absolute Gasteiger partial charge is 0.371 e. The fourth-order valence-corrected chi connectivity index (χ4v) is 6.51. The van der Waals surface area contributed by atoms with Crippen molar-refractivity contribution in [2.24, 2.45) is 5.92 Å². The lowest BCUT2D eigenvalue weighted by molar-refractivity contribution is -0.00889. The molecule has 0 aromatic heterocycles. The molecule has 4 heteroatoms. The van der Waals surface area contributed by atoms with E-state index in [1.807, 2.05) is 0 Å². The summed E-state index contributed by atoms with van der Waals surface area (Å²) in [5.74, 6) is 0.581. The molecule has 0 aliphatic rings. The Morgan fingerprint density at radius 1 is 0.650 bits per heavy atom. The molecule has 0 amide bonds. The molecule has 0 heterocycles. The van der Waals surface area contributed by atoms with Gasteiger partial charge in [0.1, 0.15) is 0 Å². The van der Waals surface area contributed by atoms with Gasteiger partial charge >= 0.3 is 8.80 Å². The minimum atomic E-state index is -2.69. The zero-order chi connectivity index (χ0) is 15.9. The van der Waals surface area contributed by atoms with E-state index in [1.165, 1.54) is 0 Å². The Morgan fingerprint density at radius 2 is 0.950 bits per heavy atom. The van der Waals surface area contributed by atoms with Gasteiger partial charge in [0, 0.05) is 23.9 Å². The van der Waals surface area contributed by atoms with Crippen molar-refractivity contribution >= 4 is 8.80 Å². The van der Waals surface area contributed by atoms with E-state index in [2.05, 4.69) is 62.3 Å².